The Hall–Kier alpha value is -1.86. The summed E-state index contributed by atoms with van der Waals surface area (Å²) in [5, 5.41) is 14.1. The number of hydrogen-bond donors (Lipinski definition) is 1. The Morgan fingerprint density at radius 3 is 2.86 bits per heavy atom. The van der Waals surface area contributed by atoms with Crippen LogP contribution in [-0.2, 0) is 0 Å². The molecule has 1 heterocycles. The van der Waals surface area contributed by atoms with E-state index in [1.54, 1.807) is 11.0 Å². The van der Waals surface area contributed by atoms with Crippen molar-refractivity contribution >= 4 is 24.0 Å². The van der Waals surface area contributed by atoms with Crippen LogP contribution in [0.25, 0.3) is 0 Å². The van der Waals surface area contributed by atoms with Gasteiger partial charge in [0.25, 0.3) is 5.91 Å². The summed E-state index contributed by atoms with van der Waals surface area (Å²) in [6, 6.07) is 4.32. The Kier molecular flexibility index (Phi) is 6.58. The highest BCUT2D eigenvalue weighted by Crippen LogP contribution is 2.28. The first kappa shape index (κ1) is 18.2. The summed E-state index contributed by atoms with van der Waals surface area (Å²) >= 11 is 0. The summed E-state index contributed by atoms with van der Waals surface area (Å²) in [7, 11) is 3.25. The second kappa shape index (κ2) is 7.95. The van der Waals surface area contributed by atoms with Crippen LogP contribution in [0.3, 0.4) is 0 Å². The number of carbonyl (C=O) groups is 1. The third kappa shape index (κ3) is 3.86. The van der Waals surface area contributed by atoms with Gasteiger partial charge in [-0.2, -0.15) is 0 Å². The first-order valence-corrected chi connectivity index (χ1v) is 6.83. The largest absolute Gasteiger partial charge is 0.490 e. The molecule has 2 rings (SSSR count). The lowest BCUT2D eigenvalue weighted by atomic mass is 10.1. The van der Waals surface area contributed by atoms with E-state index in [-0.39, 0.29) is 29.8 Å². The highest BCUT2D eigenvalue weighted by molar-refractivity contribution is 5.95. The van der Waals surface area contributed by atoms with Crippen molar-refractivity contribution in [2.45, 2.75) is 6.42 Å². The molecule has 1 aliphatic rings. The molecule has 1 aliphatic heterocycles. The number of likely N-dealkylation sites (tertiary alicyclic amines) is 1. The summed E-state index contributed by atoms with van der Waals surface area (Å²) in [6.45, 7) is 2.23. The predicted molar refractivity (Wildman–Crippen MR) is 84.8 cm³/mol. The predicted octanol–water partition coefficient (Wildman–Crippen LogP) is 1.71. The van der Waals surface area contributed by atoms with Crippen LogP contribution in [0.1, 0.15) is 16.8 Å². The van der Waals surface area contributed by atoms with Crippen LogP contribution in [0.15, 0.2) is 18.2 Å². The maximum Gasteiger partial charge on any atom is 0.311 e. The van der Waals surface area contributed by atoms with E-state index in [9.17, 15) is 14.9 Å². The van der Waals surface area contributed by atoms with Crippen molar-refractivity contribution in [1.82, 2.24) is 10.2 Å². The SMILES string of the molecule is CNCC1CCN(C(=O)c2ccc(OC)c([N+](=O)[O-])c2)C1.Cl. The van der Waals surface area contributed by atoms with E-state index in [1.165, 1.54) is 19.2 Å². The molecule has 1 amide bonds. The molecular weight excluding hydrogens is 310 g/mol. The zero-order valence-corrected chi connectivity index (χ0v) is 13.4. The molecule has 22 heavy (non-hydrogen) atoms. The van der Waals surface area contributed by atoms with Crippen LogP contribution in [0.2, 0.25) is 0 Å². The topological polar surface area (TPSA) is 84.7 Å². The van der Waals surface area contributed by atoms with E-state index in [0.29, 0.717) is 24.6 Å². The summed E-state index contributed by atoms with van der Waals surface area (Å²) in [4.78, 5) is 24.6. The Morgan fingerprint density at radius 1 is 1.55 bits per heavy atom. The number of nitro groups is 1. The zero-order valence-electron chi connectivity index (χ0n) is 12.6. The Morgan fingerprint density at radius 2 is 2.27 bits per heavy atom. The molecule has 1 unspecified atom stereocenters. The Bertz CT molecular complexity index is 553. The van der Waals surface area contributed by atoms with Crippen molar-refractivity contribution < 1.29 is 14.5 Å². The Balaban J connectivity index is 0.00000242. The molecule has 1 atom stereocenters. The van der Waals surface area contributed by atoms with E-state index < -0.39 is 4.92 Å². The molecule has 0 aliphatic carbocycles. The number of nitrogens with one attached hydrogen (secondary N) is 1. The molecule has 1 aromatic carbocycles. The van der Waals surface area contributed by atoms with Crippen molar-refractivity contribution in [3.8, 4) is 5.75 Å². The van der Waals surface area contributed by atoms with Gasteiger partial charge in [0.2, 0.25) is 0 Å². The van der Waals surface area contributed by atoms with Gasteiger partial charge in [-0.05, 0) is 38.1 Å². The number of nitrogens with zero attached hydrogens (tertiary/aromatic N) is 2. The molecule has 122 valence electrons. The minimum atomic E-state index is -0.538. The van der Waals surface area contributed by atoms with Gasteiger partial charge in [0.15, 0.2) is 5.75 Å². The van der Waals surface area contributed by atoms with E-state index in [2.05, 4.69) is 5.32 Å². The fourth-order valence-electron chi connectivity index (χ4n) is 2.62. The van der Waals surface area contributed by atoms with Gasteiger partial charge >= 0.3 is 5.69 Å². The van der Waals surface area contributed by atoms with Crippen LogP contribution in [0.5, 0.6) is 5.75 Å². The summed E-state index contributed by atoms with van der Waals surface area (Å²) in [6.07, 6.45) is 0.949. The van der Waals surface area contributed by atoms with Gasteiger partial charge in [0.05, 0.1) is 12.0 Å². The Labute approximate surface area is 135 Å². The fraction of sp³-hybridized carbons (Fsp3) is 0.500. The minimum Gasteiger partial charge on any atom is -0.490 e. The van der Waals surface area contributed by atoms with Crippen molar-refractivity contribution in [1.29, 1.82) is 0 Å². The van der Waals surface area contributed by atoms with Gasteiger partial charge in [0, 0.05) is 24.7 Å². The molecule has 0 aromatic heterocycles. The quantitative estimate of drug-likeness (QED) is 0.656. The summed E-state index contributed by atoms with van der Waals surface area (Å²) in [5.41, 5.74) is 0.141. The lowest BCUT2D eigenvalue weighted by Gasteiger charge is -2.16. The number of rotatable bonds is 5. The molecule has 8 heteroatoms. The second-order valence-electron chi connectivity index (χ2n) is 5.11. The third-order valence-corrected chi connectivity index (χ3v) is 3.69. The number of hydrogen-bond acceptors (Lipinski definition) is 5. The van der Waals surface area contributed by atoms with Gasteiger partial charge in [-0.1, -0.05) is 0 Å². The number of carbonyl (C=O) groups excluding carboxylic acids is 1. The van der Waals surface area contributed by atoms with Crippen molar-refractivity contribution in [2.75, 3.05) is 33.8 Å². The van der Waals surface area contributed by atoms with E-state index >= 15 is 0 Å². The van der Waals surface area contributed by atoms with Crippen LogP contribution in [-0.4, -0.2) is 49.5 Å². The number of nitro benzene ring substituents is 1. The second-order valence-corrected chi connectivity index (χ2v) is 5.11. The van der Waals surface area contributed by atoms with Crippen LogP contribution >= 0.6 is 12.4 Å². The normalized spacial score (nSPS) is 17.0. The number of halogens is 1. The first-order valence-electron chi connectivity index (χ1n) is 6.83. The molecule has 0 saturated carbocycles. The lowest BCUT2D eigenvalue weighted by molar-refractivity contribution is -0.385. The molecule has 0 bridgehead atoms. The first-order chi connectivity index (χ1) is 10.1. The van der Waals surface area contributed by atoms with Gasteiger partial charge in [-0.25, -0.2) is 0 Å². The number of methoxy groups -OCH3 is 1. The highest BCUT2D eigenvalue weighted by Gasteiger charge is 2.28. The average molecular weight is 330 g/mol. The molecular formula is C14H20ClN3O4. The van der Waals surface area contributed by atoms with Crippen LogP contribution < -0.4 is 10.1 Å². The third-order valence-electron chi connectivity index (χ3n) is 3.69. The summed E-state index contributed by atoms with van der Waals surface area (Å²) < 4.78 is 4.94. The van der Waals surface area contributed by atoms with Crippen LogP contribution in [0.4, 0.5) is 5.69 Å². The molecule has 1 N–H and O–H groups in total. The molecule has 1 aromatic rings. The van der Waals surface area contributed by atoms with Gasteiger partial charge in [-0.15, -0.1) is 12.4 Å². The van der Waals surface area contributed by atoms with Crippen LogP contribution in [0, 0.1) is 16.0 Å². The van der Waals surface area contributed by atoms with E-state index in [0.717, 1.165) is 13.0 Å². The number of ether oxygens (including phenoxy) is 1. The molecule has 1 saturated heterocycles. The average Bonchev–Trinajstić information content (AvgIpc) is 2.94. The smallest absolute Gasteiger partial charge is 0.311 e. The lowest BCUT2D eigenvalue weighted by Crippen LogP contribution is -2.30. The standard InChI is InChI=1S/C14H19N3O4.ClH/c1-15-8-10-5-6-16(9-10)14(18)11-3-4-13(21-2)12(7-11)17(19)20;/h3-4,7,10,15H,5-6,8-9H2,1-2H3;1H. The molecule has 0 radical (unpaired) electrons. The van der Waals surface area contributed by atoms with E-state index in [1.807, 2.05) is 7.05 Å². The minimum absolute atomic E-state index is 0. The summed E-state index contributed by atoms with van der Waals surface area (Å²) in [5.74, 6) is 0.428. The highest BCUT2D eigenvalue weighted by atomic mass is 35.5. The molecule has 7 nitrogen and oxygen atoms in total. The van der Waals surface area contributed by atoms with Gasteiger partial charge in [-0.3, -0.25) is 14.9 Å². The van der Waals surface area contributed by atoms with Gasteiger partial charge < -0.3 is 15.0 Å². The molecule has 0 spiro atoms. The fourth-order valence-corrected chi connectivity index (χ4v) is 2.62. The van der Waals surface area contributed by atoms with Gasteiger partial charge in [0.1, 0.15) is 0 Å². The van der Waals surface area contributed by atoms with E-state index in [4.69, 9.17) is 4.74 Å². The number of benzene rings is 1. The number of amides is 1. The zero-order chi connectivity index (χ0) is 15.4. The molecule has 1 fully saturated rings. The van der Waals surface area contributed by atoms with Crippen molar-refractivity contribution in [2.24, 2.45) is 5.92 Å². The monoisotopic (exact) mass is 329 g/mol. The maximum absolute atomic E-state index is 12.4. The van der Waals surface area contributed by atoms with Crippen molar-refractivity contribution in [3.05, 3.63) is 33.9 Å². The maximum atomic E-state index is 12.4. The van der Waals surface area contributed by atoms with Crippen molar-refractivity contribution in [3.63, 3.8) is 0 Å².